The van der Waals surface area contributed by atoms with Gasteiger partial charge in [0.25, 0.3) is 0 Å². The molecule has 2 aromatic carbocycles. The van der Waals surface area contributed by atoms with Crippen LogP contribution in [-0.4, -0.2) is 0 Å². The minimum absolute atomic E-state index is 0.322. The van der Waals surface area contributed by atoms with Gasteiger partial charge in [-0.15, -0.1) is 0 Å². The lowest BCUT2D eigenvalue weighted by atomic mass is 9.69. The Kier molecular flexibility index (Phi) is 6.58. The Bertz CT molecular complexity index is 1290. The molecule has 2 unspecified atom stereocenters. The first-order chi connectivity index (χ1) is 16.9. The SMILES string of the molecule is C=C(CCC)C1=C(C)C=C2C/C(=C/c3ccc(C)c(CC)c3)C(=C)C2C1c1ccc2c(c1)CCC2. The molecular formula is C35H40. The summed E-state index contributed by atoms with van der Waals surface area (Å²) >= 11 is 0. The van der Waals surface area contributed by atoms with Gasteiger partial charge in [0.15, 0.2) is 0 Å². The van der Waals surface area contributed by atoms with Crippen LogP contribution in [0.4, 0.5) is 0 Å². The molecule has 0 amide bonds. The molecule has 3 aliphatic carbocycles. The van der Waals surface area contributed by atoms with Crippen molar-refractivity contribution in [1.82, 2.24) is 0 Å². The lowest BCUT2D eigenvalue weighted by molar-refractivity contribution is 0.619. The Labute approximate surface area is 212 Å². The van der Waals surface area contributed by atoms with Gasteiger partial charge in [0, 0.05) is 11.8 Å². The maximum Gasteiger partial charge on any atom is 0.0201 e. The standard InChI is InChI=1S/C35H40/c1-7-10-23(4)33-24(5)17-32-21-31(19-26-14-13-22(3)27(8-2)18-26)25(6)34(32)35(33)30-16-15-28-11-9-12-29(28)20-30/h13-20,34-35H,4,6-12,21H2,1-3,5H3/b31-19-. The summed E-state index contributed by atoms with van der Waals surface area (Å²) in [6.45, 7) is 18.3. The molecule has 2 aromatic rings. The van der Waals surface area contributed by atoms with Crippen LogP contribution in [-0.2, 0) is 19.3 Å². The van der Waals surface area contributed by atoms with E-state index >= 15 is 0 Å². The van der Waals surface area contributed by atoms with Gasteiger partial charge < -0.3 is 0 Å². The second-order valence-corrected chi connectivity index (χ2v) is 10.9. The summed E-state index contributed by atoms with van der Waals surface area (Å²) in [6.07, 6.45) is 12.9. The average Bonchev–Trinajstić information content (AvgIpc) is 3.43. The molecule has 0 aromatic heterocycles. The smallest absolute Gasteiger partial charge is 0.0201 e. The van der Waals surface area contributed by atoms with E-state index in [1.54, 1.807) is 11.1 Å². The van der Waals surface area contributed by atoms with E-state index in [4.69, 9.17) is 6.58 Å². The van der Waals surface area contributed by atoms with E-state index in [-0.39, 0.29) is 0 Å². The first-order valence-electron chi connectivity index (χ1n) is 13.6. The van der Waals surface area contributed by atoms with Crippen LogP contribution in [0.5, 0.6) is 0 Å². The van der Waals surface area contributed by atoms with Crippen molar-refractivity contribution in [1.29, 1.82) is 0 Å². The number of benzene rings is 2. The van der Waals surface area contributed by atoms with Gasteiger partial charge in [-0.2, -0.15) is 0 Å². The molecule has 3 aliphatic rings. The molecule has 5 rings (SSSR count). The van der Waals surface area contributed by atoms with Crippen molar-refractivity contribution in [3.8, 4) is 0 Å². The zero-order valence-corrected chi connectivity index (χ0v) is 22.1. The summed E-state index contributed by atoms with van der Waals surface area (Å²) in [5.41, 5.74) is 17.1. The third kappa shape index (κ3) is 4.33. The summed E-state index contributed by atoms with van der Waals surface area (Å²) in [5, 5.41) is 0. The lowest BCUT2D eigenvalue weighted by Gasteiger charge is -2.35. The first-order valence-corrected chi connectivity index (χ1v) is 13.6. The fourth-order valence-corrected chi connectivity index (χ4v) is 6.78. The predicted molar refractivity (Wildman–Crippen MR) is 152 cm³/mol. The lowest BCUT2D eigenvalue weighted by Crippen LogP contribution is -2.21. The van der Waals surface area contributed by atoms with Crippen molar-refractivity contribution in [2.75, 3.05) is 0 Å². The van der Waals surface area contributed by atoms with Crippen molar-refractivity contribution in [2.24, 2.45) is 5.92 Å². The maximum absolute atomic E-state index is 4.73. The fourth-order valence-electron chi connectivity index (χ4n) is 6.78. The molecule has 1 fully saturated rings. The molecule has 35 heavy (non-hydrogen) atoms. The highest BCUT2D eigenvalue weighted by Crippen LogP contribution is 2.55. The number of hydrogen-bond donors (Lipinski definition) is 0. The van der Waals surface area contributed by atoms with Crippen molar-refractivity contribution < 1.29 is 0 Å². The van der Waals surface area contributed by atoms with Crippen LogP contribution >= 0.6 is 0 Å². The second-order valence-electron chi connectivity index (χ2n) is 10.9. The summed E-state index contributed by atoms with van der Waals surface area (Å²) < 4.78 is 0. The third-order valence-corrected chi connectivity index (χ3v) is 8.56. The maximum atomic E-state index is 4.73. The van der Waals surface area contributed by atoms with Gasteiger partial charge >= 0.3 is 0 Å². The van der Waals surface area contributed by atoms with E-state index in [0.29, 0.717) is 11.8 Å². The molecule has 0 saturated heterocycles. The topological polar surface area (TPSA) is 0 Å². The van der Waals surface area contributed by atoms with E-state index in [0.717, 1.165) is 25.7 Å². The Balaban J connectivity index is 1.58. The summed E-state index contributed by atoms with van der Waals surface area (Å²) in [4.78, 5) is 0. The minimum atomic E-state index is 0.322. The Hall–Kier alpha value is -2.86. The Morgan fingerprint density at radius 3 is 2.57 bits per heavy atom. The molecule has 180 valence electrons. The summed E-state index contributed by atoms with van der Waals surface area (Å²) in [6, 6.07) is 14.2. The number of rotatable bonds is 6. The Morgan fingerprint density at radius 2 is 1.80 bits per heavy atom. The van der Waals surface area contributed by atoms with Crippen LogP contribution in [0.15, 0.2) is 89.1 Å². The first kappa shape index (κ1) is 23.9. The van der Waals surface area contributed by atoms with Crippen LogP contribution in [0.2, 0.25) is 0 Å². The zero-order valence-electron chi connectivity index (χ0n) is 22.1. The number of aryl methyl sites for hydroxylation is 4. The molecule has 0 radical (unpaired) electrons. The van der Waals surface area contributed by atoms with Crippen LogP contribution in [0, 0.1) is 12.8 Å². The zero-order chi connectivity index (χ0) is 24.7. The van der Waals surface area contributed by atoms with Crippen molar-refractivity contribution in [2.45, 2.75) is 78.6 Å². The molecule has 0 heteroatoms. The van der Waals surface area contributed by atoms with Crippen LogP contribution in [0.3, 0.4) is 0 Å². The highest BCUT2D eigenvalue weighted by atomic mass is 14.4. The molecule has 0 heterocycles. The van der Waals surface area contributed by atoms with Gasteiger partial charge in [0.2, 0.25) is 0 Å². The number of allylic oxidation sites excluding steroid dienone is 7. The van der Waals surface area contributed by atoms with E-state index in [1.807, 2.05) is 0 Å². The molecule has 0 nitrogen and oxygen atoms in total. The van der Waals surface area contributed by atoms with E-state index in [9.17, 15) is 0 Å². The molecule has 0 aliphatic heterocycles. The predicted octanol–water partition coefficient (Wildman–Crippen LogP) is 9.40. The van der Waals surface area contributed by atoms with E-state index in [2.05, 4.69) is 82.8 Å². The molecule has 1 saturated carbocycles. The average molecular weight is 461 g/mol. The molecule has 0 spiro atoms. The van der Waals surface area contributed by atoms with Crippen molar-refractivity contribution in [3.05, 3.63) is 122 Å². The van der Waals surface area contributed by atoms with Crippen molar-refractivity contribution in [3.63, 3.8) is 0 Å². The van der Waals surface area contributed by atoms with Crippen LogP contribution < -0.4 is 0 Å². The second kappa shape index (κ2) is 9.65. The van der Waals surface area contributed by atoms with Crippen LogP contribution in [0.1, 0.15) is 85.8 Å². The molecule has 2 atom stereocenters. The van der Waals surface area contributed by atoms with Gasteiger partial charge in [-0.1, -0.05) is 93.1 Å². The van der Waals surface area contributed by atoms with Gasteiger partial charge in [0.05, 0.1) is 0 Å². The Morgan fingerprint density at radius 1 is 1.00 bits per heavy atom. The fraction of sp³-hybridized carbons (Fsp3) is 0.371. The summed E-state index contributed by atoms with van der Waals surface area (Å²) in [7, 11) is 0. The molecule has 0 N–H and O–H groups in total. The van der Waals surface area contributed by atoms with Gasteiger partial charge in [-0.25, -0.2) is 0 Å². The molecular weight excluding hydrogens is 420 g/mol. The summed E-state index contributed by atoms with van der Waals surface area (Å²) in [5.74, 6) is 0.659. The van der Waals surface area contributed by atoms with Gasteiger partial charge in [0.1, 0.15) is 0 Å². The molecule has 0 bridgehead atoms. The quantitative estimate of drug-likeness (QED) is 0.403. The minimum Gasteiger partial charge on any atom is -0.0955 e. The van der Waals surface area contributed by atoms with Gasteiger partial charge in [-0.3, -0.25) is 0 Å². The van der Waals surface area contributed by atoms with E-state index < -0.39 is 0 Å². The normalized spacial score (nSPS) is 22.5. The van der Waals surface area contributed by atoms with Crippen LogP contribution in [0.25, 0.3) is 6.08 Å². The highest BCUT2D eigenvalue weighted by molar-refractivity contribution is 5.68. The van der Waals surface area contributed by atoms with Gasteiger partial charge in [-0.05, 0) is 108 Å². The highest BCUT2D eigenvalue weighted by Gasteiger charge is 2.41. The largest absolute Gasteiger partial charge is 0.0955 e. The number of hydrogen-bond acceptors (Lipinski definition) is 0. The van der Waals surface area contributed by atoms with E-state index in [1.165, 1.54) is 75.0 Å². The van der Waals surface area contributed by atoms with Crippen molar-refractivity contribution >= 4 is 6.08 Å². The number of fused-ring (bicyclic) bond motifs is 2. The third-order valence-electron chi connectivity index (χ3n) is 8.56. The monoisotopic (exact) mass is 460 g/mol.